The molecule has 4 aromatic rings. The van der Waals surface area contributed by atoms with Crippen molar-refractivity contribution in [3.8, 4) is 0 Å². The maximum Gasteiger partial charge on any atom is 0.253 e. The number of carbonyl (C=O) groups is 2. The van der Waals surface area contributed by atoms with E-state index in [0.717, 1.165) is 24.9 Å². The fourth-order valence-electron chi connectivity index (χ4n) is 3.40. The van der Waals surface area contributed by atoms with Crippen LogP contribution in [0.5, 0.6) is 0 Å². The Morgan fingerprint density at radius 3 is 2.10 bits per heavy atom. The van der Waals surface area contributed by atoms with Crippen molar-refractivity contribution in [3.05, 3.63) is 121 Å². The Hall–Kier alpha value is -3.26. The number of anilines is 2. The number of nitrogens with two attached hydrogens (primary N) is 2. The number of sulfonamides is 1. The summed E-state index contributed by atoms with van der Waals surface area (Å²) in [6, 6.07) is 26.3. The summed E-state index contributed by atoms with van der Waals surface area (Å²) in [5, 5.41) is 11.3. The molecule has 0 aromatic heterocycles. The van der Waals surface area contributed by atoms with Gasteiger partial charge in [0, 0.05) is 25.8 Å². The fourth-order valence-corrected chi connectivity index (χ4v) is 4.93. The minimum Gasteiger partial charge on any atom is -0.366 e. The Labute approximate surface area is 249 Å². The number of halogens is 2. The molecule has 0 saturated carbocycles. The highest BCUT2D eigenvalue weighted by Gasteiger charge is 2.14. The van der Waals surface area contributed by atoms with Gasteiger partial charge in [0.05, 0.1) is 16.1 Å². The van der Waals surface area contributed by atoms with Gasteiger partial charge in [-0.05, 0) is 101 Å². The van der Waals surface area contributed by atoms with E-state index in [0.29, 0.717) is 16.8 Å². The summed E-state index contributed by atoms with van der Waals surface area (Å²) < 4.78 is 24.6. The van der Waals surface area contributed by atoms with E-state index < -0.39 is 10.0 Å². The van der Waals surface area contributed by atoms with Gasteiger partial charge in [-0.15, -0.1) is 0 Å². The topological polar surface area (TPSA) is 144 Å². The number of nitrogens with one attached hydrogen (secondary N) is 2. The lowest BCUT2D eigenvalue weighted by Crippen LogP contribution is -2.24. The first-order chi connectivity index (χ1) is 18.4. The number of primary amides is 1. The second kappa shape index (κ2) is 13.7. The van der Waals surface area contributed by atoms with Gasteiger partial charge in [0.25, 0.3) is 5.91 Å². The summed E-state index contributed by atoms with van der Waals surface area (Å²) >= 11 is 5.68. The Kier molecular flexibility index (Phi) is 10.6. The molecule has 0 atom stereocenters. The summed E-state index contributed by atoms with van der Waals surface area (Å²) in [6.45, 7) is 2.26. The number of hydrogen-bond donors (Lipinski definition) is 4. The SMILES string of the molecule is Cc1cc(I)ccc1Nc1ccc(Br)cc1C(=O)NCc1ccc(S(N)(=O)=O)cc1.NC(=O)c1ccccc1. The highest BCUT2D eigenvalue weighted by molar-refractivity contribution is 14.1. The van der Waals surface area contributed by atoms with Crippen LogP contribution in [-0.4, -0.2) is 20.2 Å². The third kappa shape index (κ3) is 9.17. The lowest BCUT2D eigenvalue weighted by atomic mass is 10.1. The molecule has 0 heterocycles. The Morgan fingerprint density at radius 2 is 1.54 bits per heavy atom. The summed E-state index contributed by atoms with van der Waals surface area (Å²) in [5.41, 5.74) is 9.46. The zero-order valence-electron chi connectivity index (χ0n) is 20.8. The molecule has 8 nitrogen and oxygen atoms in total. The maximum absolute atomic E-state index is 12.9. The summed E-state index contributed by atoms with van der Waals surface area (Å²) in [6.07, 6.45) is 0. The van der Waals surface area contributed by atoms with Crippen LogP contribution in [0.15, 0.2) is 100 Å². The molecule has 0 bridgehead atoms. The number of hydrogen-bond acceptors (Lipinski definition) is 5. The monoisotopic (exact) mass is 720 g/mol. The molecule has 0 aliphatic rings. The van der Waals surface area contributed by atoms with E-state index in [1.165, 1.54) is 12.1 Å². The van der Waals surface area contributed by atoms with Gasteiger partial charge in [-0.1, -0.05) is 46.3 Å². The molecule has 202 valence electrons. The minimum atomic E-state index is -3.74. The number of carbonyl (C=O) groups excluding carboxylic acids is 2. The Balaban J connectivity index is 0.000000395. The number of aryl methyl sites for hydroxylation is 1. The molecule has 0 aliphatic heterocycles. The minimum absolute atomic E-state index is 0.0314. The van der Waals surface area contributed by atoms with E-state index in [1.54, 1.807) is 42.5 Å². The summed E-state index contributed by atoms with van der Waals surface area (Å²) in [4.78, 5) is 23.3. The van der Waals surface area contributed by atoms with E-state index in [1.807, 2.05) is 37.3 Å². The second-order valence-corrected chi connectivity index (χ2v) is 12.1. The van der Waals surface area contributed by atoms with Crippen molar-refractivity contribution in [1.82, 2.24) is 5.32 Å². The molecule has 0 radical (unpaired) electrons. The second-order valence-electron chi connectivity index (χ2n) is 8.38. The Morgan fingerprint density at radius 1 is 0.897 bits per heavy atom. The predicted octanol–water partition coefficient (Wildman–Crippen LogP) is 5.47. The van der Waals surface area contributed by atoms with Gasteiger partial charge < -0.3 is 16.4 Å². The highest BCUT2D eigenvalue weighted by Crippen LogP contribution is 2.27. The summed E-state index contributed by atoms with van der Waals surface area (Å²) in [5.74, 6) is -0.631. The van der Waals surface area contributed by atoms with Crippen LogP contribution in [0.25, 0.3) is 0 Å². The first-order valence-corrected chi connectivity index (χ1v) is 14.9. The van der Waals surface area contributed by atoms with Gasteiger partial charge in [-0.3, -0.25) is 9.59 Å². The van der Waals surface area contributed by atoms with Crippen LogP contribution in [0, 0.1) is 10.5 Å². The molecular weight excluding hydrogens is 695 g/mol. The third-order valence-corrected chi connectivity index (χ3v) is 7.54. The molecule has 11 heteroatoms. The molecule has 39 heavy (non-hydrogen) atoms. The van der Waals surface area contributed by atoms with Crippen molar-refractivity contribution >= 4 is 71.7 Å². The standard InChI is InChI=1S/C21H19BrIN3O3S.C7H7NO/c1-13-10-16(23)5-9-19(13)26-20-8-4-15(22)11-18(20)21(27)25-12-14-2-6-17(7-3-14)30(24,28)29;8-7(9)6-4-2-1-3-5-6/h2-11,26H,12H2,1H3,(H,25,27)(H2,24,28,29);1-5H,(H2,8,9). The van der Waals surface area contributed by atoms with E-state index in [4.69, 9.17) is 10.9 Å². The number of benzene rings is 4. The van der Waals surface area contributed by atoms with Crippen molar-refractivity contribution in [1.29, 1.82) is 0 Å². The van der Waals surface area contributed by atoms with E-state index >= 15 is 0 Å². The third-order valence-electron chi connectivity index (χ3n) is 5.45. The lowest BCUT2D eigenvalue weighted by Gasteiger charge is -2.15. The zero-order chi connectivity index (χ0) is 28.6. The predicted molar refractivity (Wildman–Crippen MR) is 165 cm³/mol. The van der Waals surface area contributed by atoms with E-state index in [-0.39, 0.29) is 23.3 Å². The van der Waals surface area contributed by atoms with Crippen molar-refractivity contribution in [2.75, 3.05) is 5.32 Å². The largest absolute Gasteiger partial charge is 0.366 e. The number of amides is 2. The molecule has 0 spiro atoms. The van der Waals surface area contributed by atoms with Crippen LogP contribution < -0.4 is 21.5 Å². The molecule has 4 aromatic carbocycles. The van der Waals surface area contributed by atoms with Crippen molar-refractivity contribution in [2.24, 2.45) is 10.9 Å². The van der Waals surface area contributed by atoms with Crippen molar-refractivity contribution in [3.63, 3.8) is 0 Å². The average Bonchev–Trinajstić information content (AvgIpc) is 2.90. The molecule has 4 rings (SSSR count). The van der Waals surface area contributed by atoms with Crippen molar-refractivity contribution < 1.29 is 18.0 Å². The molecule has 2 amide bonds. The van der Waals surface area contributed by atoms with E-state index in [2.05, 4.69) is 55.2 Å². The van der Waals surface area contributed by atoms with Crippen molar-refractivity contribution in [2.45, 2.75) is 18.4 Å². The first-order valence-electron chi connectivity index (χ1n) is 11.5. The quantitative estimate of drug-likeness (QED) is 0.187. The van der Waals surface area contributed by atoms with Gasteiger partial charge in [0.15, 0.2) is 0 Å². The number of rotatable bonds is 7. The Bertz CT molecular complexity index is 1580. The number of primary sulfonamides is 1. The smallest absolute Gasteiger partial charge is 0.253 e. The zero-order valence-corrected chi connectivity index (χ0v) is 25.4. The molecular formula is C28H26BrIN4O4S. The molecule has 0 aliphatic carbocycles. The van der Waals surface area contributed by atoms with Crippen LogP contribution in [0.2, 0.25) is 0 Å². The molecule has 0 unspecified atom stereocenters. The molecule has 0 saturated heterocycles. The molecule has 6 N–H and O–H groups in total. The fraction of sp³-hybridized carbons (Fsp3) is 0.0714. The van der Waals surface area contributed by atoms with Crippen LogP contribution in [0.4, 0.5) is 11.4 Å². The van der Waals surface area contributed by atoms with Gasteiger partial charge in [0.1, 0.15) is 0 Å². The van der Waals surface area contributed by atoms with Crippen LogP contribution in [-0.2, 0) is 16.6 Å². The average molecular weight is 721 g/mol. The maximum atomic E-state index is 12.9. The lowest BCUT2D eigenvalue weighted by molar-refractivity contribution is 0.0950. The van der Waals surface area contributed by atoms with Gasteiger partial charge in [-0.2, -0.15) is 0 Å². The van der Waals surface area contributed by atoms with Crippen LogP contribution in [0.3, 0.4) is 0 Å². The molecule has 0 fully saturated rings. The van der Waals surface area contributed by atoms with Gasteiger partial charge in [-0.25, -0.2) is 13.6 Å². The van der Waals surface area contributed by atoms with Gasteiger partial charge in [0.2, 0.25) is 15.9 Å². The highest BCUT2D eigenvalue weighted by atomic mass is 127. The van der Waals surface area contributed by atoms with Crippen LogP contribution in [0.1, 0.15) is 31.8 Å². The van der Waals surface area contributed by atoms with Gasteiger partial charge >= 0.3 is 0 Å². The van der Waals surface area contributed by atoms with Crippen LogP contribution >= 0.6 is 38.5 Å². The van der Waals surface area contributed by atoms with E-state index in [9.17, 15) is 18.0 Å². The normalized spacial score (nSPS) is 10.7. The first kappa shape index (κ1) is 30.3. The summed E-state index contributed by atoms with van der Waals surface area (Å²) in [7, 11) is -3.74.